The van der Waals surface area contributed by atoms with Crippen molar-refractivity contribution in [2.24, 2.45) is 11.8 Å². The third-order valence-electron chi connectivity index (χ3n) is 19.9. The van der Waals surface area contributed by atoms with Crippen LogP contribution >= 0.6 is 0 Å². The summed E-state index contributed by atoms with van der Waals surface area (Å²) in [5.41, 5.74) is 3.37. The standard InChI is InChI=1S/C75H86N2O17Si/c1-6-53-67(92-71-60(77-74(82)84-44-47-27-15-8-16-28-47)62(80)66-57(89-71)40-38-55(86-66)49-31-19-10-20-32-49)69(94-95(75(3,4)5,51-33-21-11-22-34-51)52-35-23-12-24-36-52)72(87-53)93-68-63(45(2)41-50-42-58(78)90-64(50)68)91-70-59(76-73(81)83-43-46-25-13-7-14-26-46)61(79)65-56(88-70)39-37-54(85-65)48-29-17-9-18-30-48/h7-36,45,50,53-57,59-60,62-72,80H,6,37-44H2,1-5H3,(H,76,81)(H,77,82)/t45-,50-,53+,54?,55?,56+,57-,59+,60+,62+,63+,64-,65+,66+,67+,68-,69+,70+,71+,72-/m0/s1. The Labute approximate surface area is 555 Å². The van der Waals surface area contributed by atoms with Gasteiger partial charge in [0.2, 0.25) is 0 Å². The smallest absolute Gasteiger partial charge is 0.408 e. The lowest BCUT2D eigenvalue weighted by Gasteiger charge is -2.50. The molecule has 20 atom stereocenters. The van der Waals surface area contributed by atoms with Crippen LogP contribution in [0.5, 0.6) is 0 Å². The molecule has 1 saturated carbocycles. The number of carbonyl (C=O) groups excluding carboxylic acids is 4. The summed E-state index contributed by atoms with van der Waals surface area (Å²) in [7, 11) is -3.63. The molecular weight excluding hydrogens is 1230 g/mol. The molecule has 0 spiro atoms. The molecule has 6 heterocycles. The number of alkyl carbamates (subject to hydrolysis) is 2. The molecule has 6 aromatic rings. The highest BCUT2D eigenvalue weighted by atomic mass is 28.4. The van der Waals surface area contributed by atoms with Gasteiger partial charge in [0.05, 0.1) is 43.0 Å². The molecule has 7 aliphatic rings. The van der Waals surface area contributed by atoms with Crippen molar-refractivity contribution in [1.29, 1.82) is 0 Å². The van der Waals surface area contributed by atoms with E-state index in [1.54, 1.807) is 0 Å². The fraction of sp³-hybridized carbons (Fsp3) is 0.467. The summed E-state index contributed by atoms with van der Waals surface area (Å²) in [5.74, 6) is -1.54. The zero-order chi connectivity index (χ0) is 65.8. The highest BCUT2D eigenvalue weighted by molar-refractivity contribution is 6.99. The molecule has 13 rings (SSSR count). The Bertz CT molecular complexity index is 3480. The van der Waals surface area contributed by atoms with Crippen molar-refractivity contribution < 1.29 is 80.8 Å². The number of hydrogen-bond acceptors (Lipinski definition) is 17. The van der Waals surface area contributed by atoms with Gasteiger partial charge in [-0.1, -0.05) is 217 Å². The van der Waals surface area contributed by atoms with Crippen LogP contribution in [-0.4, -0.2) is 135 Å². The van der Waals surface area contributed by atoms with Gasteiger partial charge in [0, 0.05) is 5.92 Å². The van der Waals surface area contributed by atoms with Gasteiger partial charge < -0.3 is 72.3 Å². The second kappa shape index (κ2) is 29.3. The van der Waals surface area contributed by atoms with Crippen molar-refractivity contribution in [3.05, 3.63) is 204 Å². The molecule has 95 heavy (non-hydrogen) atoms. The average molecular weight is 1320 g/mol. The fourth-order valence-electron chi connectivity index (χ4n) is 15.2. The van der Waals surface area contributed by atoms with E-state index >= 15 is 4.79 Å². The van der Waals surface area contributed by atoms with Crippen LogP contribution in [0.3, 0.4) is 0 Å². The minimum atomic E-state index is -3.63. The summed E-state index contributed by atoms with van der Waals surface area (Å²) < 4.78 is 82.8. The highest BCUT2D eigenvalue weighted by Crippen LogP contribution is 2.48. The fourth-order valence-corrected chi connectivity index (χ4v) is 19.9. The number of nitrogens with one attached hydrogen (secondary N) is 2. The van der Waals surface area contributed by atoms with Gasteiger partial charge in [-0.05, 0) is 82.1 Å². The number of Topliss-reactive ketones (excluding diaryl/α,β-unsaturated/α-hetero) is 1. The molecule has 20 heteroatoms. The zero-order valence-electron chi connectivity index (χ0n) is 54.2. The second-order valence-corrected chi connectivity index (χ2v) is 31.4. The van der Waals surface area contributed by atoms with Crippen LogP contribution in [0, 0.1) is 11.8 Å². The largest absolute Gasteiger partial charge is 0.459 e. The van der Waals surface area contributed by atoms with Crippen LogP contribution in [0.25, 0.3) is 0 Å². The van der Waals surface area contributed by atoms with Gasteiger partial charge in [0.25, 0.3) is 8.32 Å². The van der Waals surface area contributed by atoms with Gasteiger partial charge in [-0.15, -0.1) is 0 Å². The first kappa shape index (κ1) is 66.4. The first-order valence-corrected chi connectivity index (χ1v) is 35.5. The second-order valence-electron chi connectivity index (χ2n) is 27.1. The number of aliphatic hydroxyl groups excluding tert-OH is 1. The highest BCUT2D eigenvalue weighted by Gasteiger charge is 2.62. The van der Waals surface area contributed by atoms with Crippen LogP contribution in [0.2, 0.25) is 5.04 Å². The van der Waals surface area contributed by atoms with Crippen LogP contribution < -0.4 is 21.0 Å². The predicted octanol–water partition coefficient (Wildman–Crippen LogP) is 10.0. The van der Waals surface area contributed by atoms with Gasteiger partial charge in [-0.25, -0.2) is 9.59 Å². The number of amides is 2. The van der Waals surface area contributed by atoms with E-state index in [-0.39, 0.29) is 37.6 Å². The Morgan fingerprint density at radius 1 is 0.558 bits per heavy atom. The lowest BCUT2D eigenvalue weighted by molar-refractivity contribution is -0.309. The number of ether oxygens (including phenoxy) is 11. The molecule has 0 aromatic heterocycles. The van der Waals surface area contributed by atoms with E-state index in [0.29, 0.717) is 38.5 Å². The van der Waals surface area contributed by atoms with Crippen LogP contribution in [0.1, 0.15) is 114 Å². The summed E-state index contributed by atoms with van der Waals surface area (Å²) in [4.78, 5) is 57.1. The van der Waals surface area contributed by atoms with E-state index in [0.717, 1.165) is 32.6 Å². The monoisotopic (exact) mass is 1310 g/mol. The van der Waals surface area contributed by atoms with Crippen molar-refractivity contribution >= 4 is 42.6 Å². The lowest BCUT2D eigenvalue weighted by Crippen LogP contribution is -2.70. The van der Waals surface area contributed by atoms with Crippen molar-refractivity contribution in [2.45, 2.75) is 208 Å². The van der Waals surface area contributed by atoms with Crippen LogP contribution in [0.4, 0.5) is 9.59 Å². The maximum Gasteiger partial charge on any atom is 0.408 e. The Morgan fingerprint density at radius 3 is 1.63 bits per heavy atom. The van der Waals surface area contributed by atoms with Crippen molar-refractivity contribution in [2.75, 3.05) is 0 Å². The van der Waals surface area contributed by atoms with Crippen LogP contribution in [-0.2, 0) is 79.3 Å². The summed E-state index contributed by atoms with van der Waals surface area (Å²) >= 11 is 0. The van der Waals surface area contributed by atoms with Gasteiger partial charge in [-0.3, -0.25) is 9.59 Å². The van der Waals surface area contributed by atoms with Gasteiger partial charge >= 0.3 is 18.2 Å². The number of rotatable bonds is 19. The van der Waals surface area contributed by atoms with Crippen LogP contribution in [0.15, 0.2) is 182 Å². The molecule has 3 N–H and O–H groups in total. The topological polar surface area (TPSA) is 223 Å². The molecule has 502 valence electrons. The molecule has 7 fully saturated rings. The molecule has 6 aromatic carbocycles. The Balaban J connectivity index is 0.864. The third-order valence-corrected chi connectivity index (χ3v) is 24.9. The molecule has 19 nitrogen and oxygen atoms in total. The summed E-state index contributed by atoms with van der Waals surface area (Å²) in [6.45, 7) is 10.3. The number of hydrogen-bond donors (Lipinski definition) is 3. The summed E-state index contributed by atoms with van der Waals surface area (Å²) in [5, 5.41) is 19.8. The minimum absolute atomic E-state index is 0.0454. The minimum Gasteiger partial charge on any atom is -0.459 e. The van der Waals surface area contributed by atoms with Gasteiger partial charge in [0.1, 0.15) is 68.0 Å². The van der Waals surface area contributed by atoms with Crippen molar-refractivity contribution in [3.8, 4) is 0 Å². The molecule has 6 saturated heterocycles. The van der Waals surface area contributed by atoms with E-state index in [9.17, 15) is 19.5 Å². The molecule has 1 aliphatic carbocycles. The van der Waals surface area contributed by atoms with E-state index < -0.39 is 141 Å². The van der Waals surface area contributed by atoms with E-state index in [2.05, 4.69) is 55.7 Å². The molecule has 6 aliphatic heterocycles. The molecule has 0 bridgehead atoms. The normalized spacial score (nSPS) is 33.0. The lowest BCUT2D eigenvalue weighted by atomic mass is 9.76. The number of fused-ring (bicyclic) bond motifs is 3. The number of ketones is 1. The molecular formula is C75H86N2O17Si. The molecule has 2 unspecified atom stereocenters. The zero-order valence-corrected chi connectivity index (χ0v) is 55.2. The van der Waals surface area contributed by atoms with E-state index in [4.69, 9.17) is 56.5 Å². The first-order chi connectivity index (χ1) is 46.1. The molecule has 0 radical (unpaired) electrons. The quantitative estimate of drug-likeness (QED) is 0.0390. The summed E-state index contributed by atoms with van der Waals surface area (Å²) in [6.07, 6.45) is -14.2. The number of benzene rings is 6. The Kier molecular flexibility index (Phi) is 20.5. The predicted molar refractivity (Wildman–Crippen MR) is 350 cm³/mol. The SMILES string of the molecule is CC[C@H]1O[C@@H](O[C@@H]2[C@H]3OC(=O)C[C@@H]3C[C@H](C)[C@H]2O[C@H]2O[C@@H]3CCC(c4ccccc4)O[C@H]3C(=O)[C@H]2NC(=O)OCc2ccccc2)[C@H](O[Si](c2ccccc2)(c2ccccc2)C(C)(C)C)[C@@H]1O[C@H]1O[C@H]2CCC(c3ccccc3)O[C@H]2[C@H](O)[C@H]1NC(=O)OCc1ccccc1. The van der Waals surface area contributed by atoms with E-state index in [1.165, 1.54) is 0 Å². The summed E-state index contributed by atoms with van der Waals surface area (Å²) in [6, 6.07) is 55.6. The Hall–Kier alpha value is -7.18. The van der Waals surface area contributed by atoms with Crippen molar-refractivity contribution in [1.82, 2.24) is 10.6 Å². The van der Waals surface area contributed by atoms with Gasteiger partial charge in [0.15, 0.2) is 24.7 Å². The number of carbonyl (C=O) groups is 4. The Morgan fingerprint density at radius 2 is 1.06 bits per heavy atom. The first-order valence-electron chi connectivity index (χ1n) is 33.6. The molecule has 2 amide bonds. The number of esters is 1. The van der Waals surface area contributed by atoms with Gasteiger partial charge in [-0.2, -0.15) is 0 Å². The van der Waals surface area contributed by atoms with E-state index in [1.807, 2.05) is 172 Å². The van der Waals surface area contributed by atoms with Crippen molar-refractivity contribution in [3.63, 3.8) is 0 Å². The third kappa shape index (κ3) is 14.3. The maximum absolute atomic E-state index is 15.2. The maximum atomic E-state index is 15.2. The number of aliphatic hydroxyl groups is 1. The average Bonchev–Trinajstić information content (AvgIpc) is 1.73.